The van der Waals surface area contributed by atoms with Crippen molar-refractivity contribution in [3.05, 3.63) is 29.8 Å². The normalized spacial score (nSPS) is 20.4. The molecule has 70 valence electrons. The predicted molar refractivity (Wildman–Crippen MR) is 57.2 cm³/mol. The Hall–Kier alpha value is -0.500. The van der Waals surface area contributed by atoms with Gasteiger partial charge in [0.2, 0.25) is 0 Å². The molecule has 0 spiro atoms. The van der Waals surface area contributed by atoms with E-state index in [2.05, 4.69) is 15.9 Å². The molecule has 13 heavy (non-hydrogen) atoms. The number of halogens is 1. The van der Waals surface area contributed by atoms with Crippen molar-refractivity contribution in [2.75, 3.05) is 0 Å². The number of aromatic hydroxyl groups is 1. The van der Waals surface area contributed by atoms with Gasteiger partial charge in [0, 0.05) is 5.56 Å². The average molecular weight is 241 g/mol. The number of para-hydroxylation sites is 1. The first-order chi connectivity index (χ1) is 6.22. The van der Waals surface area contributed by atoms with Gasteiger partial charge in [-0.3, -0.25) is 0 Å². The number of phenolic OH excluding ortho intramolecular Hbond substituents is 1. The molecule has 1 aliphatic rings. The Labute approximate surface area is 86.9 Å². The molecule has 2 rings (SSSR count). The van der Waals surface area contributed by atoms with Crippen LogP contribution in [0.1, 0.15) is 31.2 Å². The summed E-state index contributed by atoms with van der Waals surface area (Å²) >= 11 is 3.74. The highest BCUT2D eigenvalue weighted by Crippen LogP contribution is 2.48. The lowest BCUT2D eigenvalue weighted by molar-refractivity contribution is 0.457. The van der Waals surface area contributed by atoms with Crippen molar-refractivity contribution in [3.63, 3.8) is 0 Å². The van der Waals surface area contributed by atoms with Gasteiger partial charge in [-0.15, -0.1) is 0 Å². The molecule has 1 nitrogen and oxygen atoms in total. The molecule has 0 bridgehead atoms. The van der Waals surface area contributed by atoms with Gasteiger partial charge in [0.05, 0.1) is 4.32 Å². The van der Waals surface area contributed by atoms with E-state index < -0.39 is 0 Å². The van der Waals surface area contributed by atoms with Crippen molar-refractivity contribution in [1.29, 1.82) is 0 Å². The van der Waals surface area contributed by atoms with Crippen molar-refractivity contribution in [2.24, 2.45) is 0 Å². The summed E-state index contributed by atoms with van der Waals surface area (Å²) in [4.78, 5) is 0. The van der Waals surface area contributed by atoms with Crippen molar-refractivity contribution >= 4 is 15.9 Å². The lowest BCUT2D eigenvalue weighted by atomic mass is 9.96. The van der Waals surface area contributed by atoms with Crippen molar-refractivity contribution in [3.8, 4) is 5.75 Å². The maximum absolute atomic E-state index is 9.71. The van der Waals surface area contributed by atoms with Crippen LogP contribution in [-0.4, -0.2) is 5.11 Å². The van der Waals surface area contributed by atoms with Gasteiger partial charge in [-0.2, -0.15) is 0 Å². The molecular weight excluding hydrogens is 228 g/mol. The monoisotopic (exact) mass is 240 g/mol. The first-order valence-electron chi connectivity index (χ1n) is 4.70. The molecule has 2 heteroatoms. The second-order valence-electron chi connectivity index (χ2n) is 3.69. The van der Waals surface area contributed by atoms with Gasteiger partial charge in [-0.05, 0) is 18.9 Å². The summed E-state index contributed by atoms with van der Waals surface area (Å²) < 4.78 is 0.0400. The van der Waals surface area contributed by atoms with E-state index in [1.165, 1.54) is 12.8 Å². The quantitative estimate of drug-likeness (QED) is 0.745. The number of alkyl halides is 1. The minimum Gasteiger partial charge on any atom is -0.508 e. The molecule has 1 aromatic carbocycles. The molecule has 0 saturated heterocycles. The van der Waals surface area contributed by atoms with Crippen LogP contribution >= 0.6 is 15.9 Å². The molecule has 0 amide bonds. The zero-order chi connectivity index (χ0) is 9.31. The fourth-order valence-corrected chi connectivity index (χ4v) is 2.95. The number of hydrogen-bond donors (Lipinski definition) is 1. The van der Waals surface area contributed by atoms with E-state index in [1.807, 2.05) is 18.2 Å². The molecular formula is C11H13BrO. The Morgan fingerprint density at radius 1 is 1.15 bits per heavy atom. The topological polar surface area (TPSA) is 20.2 Å². The van der Waals surface area contributed by atoms with Crippen LogP contribution in [-0.2, 0) is 4.32 Å². The summed E-state index contributed by atoms with van der Waals surface area (Å²) in [6.07, 6.45) is 4.76. The van der Waals surface area contributed by atoms with E-state index in [-0.39, 0.29) is 4.32 Å². The van der Waals surface area contributed by atoms with Gasteiger partial charge in [0.1, 0.15) is 5.75 Å². The van der Waals surface area contributed by atoms with Gasteiger partial charge >= 0.3 is 0 Å². The van der Waals surface area contributed by atoms with Crippen LogP contribution < -0.4 is 0 Å². The summed E-state index contributed by atoms with van der Waals surface area (Å²) in [5, 5.41) is 9.71. The first-order valence-corrected chi connectivity index (χ1v) is 5.49. The number of rotatable bonds is 1. The Balaban J connectivity index is 2.39. The maximum Gasteiger partial charge on any atom is 0.120 e. The van der Waals surface area contributed by atoms with Crippen LogP contribution in [0, 0.1) is 0 Å². The second-order valence-corrected chi connectivity index (χ2v) is 5.21. The van der Waals surface area contributed by atoms with Gasteiger partial charge in [0.15, 0.2) is 0 Å². The molecule has 0 atom stereocenters. The van der Waals surface area contributed by atoms with Gasteiger partial charge < -0.3 is 5.11 Å². The van der Waals surface area contributed by atoms with Crippen molar-refractivity contribution < 1.29 is 5.11 Å². The van der Waals surface area contributed by atoms with Crippen LogP contribution in [0.2, 0.25) is 0 Å². The Morgan fingerprint density at radius 3 is 2.38 bits per heavy atom. The minimum absolute atomic E-state index is 0.0400. The smallest absolute Gasteiger partial charge is 0.120 e. The highest BCUT2D eigenvalue weighted by atomic mass is 79.9. The Morgan fingerprint density at radius 2 is 1.77 bits per heavy atom. The van der Waals surface area contributed by atoms with Crippen molar-refractivity contribution in [2.45, 2.75) is 30.0 Å². The van der Waals surface area contributed by atoms with E-state index in [0.29, 0.717) is 5.75 Å². The fourth-order valence-electron chi connectivity index (χ4n) is 2.06. The highest BCUT2D eigenvalue weighted by Gasteiger charge is 2.34. The molecule has 1 N–H and O–H groups in total. The molecule has 0 heterocycles. The summed E-state index contributed by atoms with van der Waals surface area (Å²) in [5.41, 5.74) is 1.05. The molecule has 0 radical (unpaired) electrons. The van der Waals surface area contributed by atoms with E-state index in [9.17, 15) is 5.11 Å². The van der Waals surface area contributed by atoms with E-state index in [0.717, 1.165) is 18.4 Å². The SMILES string of the molecule is Oc1ccccc1C1(Br)CCCC1. The molecule has 0 aliphatic heterocycles. The lowest BCUT2D eigenvalue weighted by Crippen LogP contribution is -2.12. The van der Waals surface area contributed by atoms with Crippen molar-refractivity contribution in [1.82, 2.24) is 0 Å². The molecule has 0 unspecified atom stereocenters. The van der Waals surface area contributed by atoms with E-state index in [1.54, 1.807) is 6.07 Å². The number of phenols is 1. The van der Waals surface area contributed by atoms with E-state index in [4.69, 9.17) is 0 Å². The van der Waals surface area contributed by atoms with Crippen LogP contribution in [0.15, 0.2) is 24.3 Å². The molecule has 1 aromatic rings. The third kappa shape index (κ3) is 1.60. The molecule has 0 aromatic heterocycles. The third-order valence-corrected chi connectivity index (χ3v) is 4.00. The first kappa shape index (κ1) is 9.07. The number of hydrogen-bond acceptors (Lipinski definition) is 1. The summed E-state index contributed by atoms with van der Waals surface area (Å²) in [6, 6.07) is 7.62. The van der Waals surface area contributed by atoms with Gasteiger partial charge in [-0.1, -0.05) is 47.0 Å². The van der Waals surface area contributed by atoms with Gasteiger partial charge in [-0.25, -0.2) is 0 Å². The minimum atomic E-state index is 0.0400. The maximum atomic E-state index is 9.71. The molecule has 1 aliphatic carbocycles. The largest absolute Gasteiger partial charge is 0.508 e. The average Bonchev–Trinajstić information content (AvgIpc) is 2.54. The number of benzene rings is 1. The Bertz CT molecular complexity index is 303. The molecule has 1 fully saturated rings. The van der Waals surface area contributed by atoms with Crippen LogP contribution in [0.5, 0.6) is 5.75 Å². The highest BCUT2D eigenvalue weighted by molar-refractivity contribution is 9.09. The summed E-state index contributed by atoms with van der Waals surface area (Å²) in [5.74, 6) is 0.418. The fraction of sp³-hybridized carbons (Fsp3) is 0.455. The summed E-state index contributed by atoms with van der Waals surface area (Å²) in [6.45, 7) is 0. The predicted octanol–water partition coefficient (Wildman–Crippen LogP) is 3.56. The van der Waals surface area contributed by atoms with E-state index >= 15 is 0 Å². The molecule has 1 saturated carbocycles. The Kier molecular flexibility index (Phi) is 2.33. The third-order valence-electron chi connectivity index (χ3n) is 2.78. The zero-order valence-corrected chi connectivity index (χ0v) is 9.05. The lowest BCUT2D eigenvalue weighted by Gasteiger charge is -2.22. The van der Waals surface area contributed by atoms with Crippen LogP contribution in [0.25, 0.3) is 0 Å². The summed E-state index contributed by atoms with van der Waals surface area (Å²) in [7, 11) is 0. The van der Waals surface area contributed by atoms with Gasteiger partial charge in [0.25, 0.3) is 0 Å². The van der Waals surface area contributed by atoms with Crippen LogP contribution in [0.3, 0.4) is 0 Å². The van der Waals surface area contributed by atoms with Crippen LogP contribution in [0.4, 0.5) is 0 Å². The standard InChI is InChI=1S/C11H13BrO/c12-11(7-3-4-8-11)9-5-1-2-6-10(9)13/h1-2,5-6,13H,3-4,7-8H2. The zero-order valence-electron chi connectivity index (χ0n) is 7.46. The second kappa shape index (κ2) is 3.33.